The molecule has 1 aromatic rings. The second-order valence-electron chi connectivity index (χ2n) is 3.43. The first-order valence-electron chi connectivity index (χ1n) is 4.94. The minimum absolute atomic E-state index is 0.0246. The van der Waals surface area contributed by atoms with Crippen molar-refractivity contribution in [2.45, 2.75) is 6.04 Å². The third-order valence-electron chi connectivity index (χ3n) is 2.10. The van der Waals surface area contributed by atoms with Gasteiger partial charge < -0.3 is 15.2 Å². The van der Waals surface area contributed by atoms with E-state index < -0.39 is 17.8 Å². The Kier molecular flexibility index (Phi) is 5.34. The summed E-state index contributed by atoms with van der Waals surface area (Å²) in [6.07, 6.45) is 0. The number of rotatable bonds is 5. The number of aliphatic hydroxyl groups is 1. The summed E-state index contributed by atoms with van der Waals surface area (Å²) < 4.78 is 17.6. The number of ether oxygens (including phenoxy) is 1. The summed E-state index contributed by atoms with van der Waals surface area (Å²) in [6.45, 7) is -0.0700. The summed E-state index contributed by atoms with van der Waals surface area (Å²) in [6, 6.07) is 2.97. The van der Waals surface area contributed by atoms with Crippen molar-refractivity contribution in [3.63, 3.8) is 0 Å². The molecule has 1 atom stereocenters. The molecule has 0 aliphatic heterocycles. The van der Waals surface area contributed by atoms with Gasteiger partial charge in [-0.05, 0) is 18.2 Å². The van der Waals surface area contributed by atoms with Crippen LogP contribution in [0.3, 0.4) is 0 Å². The summed E-state index contributed by atoms with van der Waals surface area (Å²) in [7, 11) is 1.46. The second-order valence-corrected chi connectivity index (χ2v) is 3.84. The first kappa shape index (κ1) is 13.9. The van der Waals surface area contributed by atoms with Gasteiger partial charge in [0, 0.05) is 7.11 Å². The lowest BCUT2D eigenvalue weighted by molar-refractivity contribution is 0.0840. The Hall–Kier alpha value is -1.17. The number of nitrogens with one attached hydrogen (secondary N) is 1. The van der Waals surface area contributed by atoms with Crippen LogP contribution in [0.4, 0.5) is 4.39 Å². The maximum atomic E-state index is 12.8. The third kappa shape index (κ3) is 3.96. The van der Waals surface area contributed by atoms with Crippen LogP contribution >= 0.6 is 11.6 Å². The van der Waals surface area contributed by atoms with Crippen molar-refractivity contribution < 1.29 is 19.0 Å². The van der Waals surface area contributed by atoms with E-state index in [1.54, 1.807) is 0 Å². The van der Waals surface area contributed by atoms with Crippen molar-refractivity contribution >= 4 is 17.5 Å². The first-order chi connectivity index (χ1) is 8.08. The predicted molar refractivity (Wildman–Crippen MR) is 61.6 cm³/mol. The summed E-state index contributed by atoms with van der Waals surface area (Å²) in [5.74, 6) is -0.992. The summed E-state index contributed by atoms with van der Waals surface area (Å²) in [5, 5.41) is 11.5. The molecule has 0 spiro atoms. The SMILES string of the molecule is COCC(CO)NC(=O)c1ccc(F)cc1Cl. The largest absolute Gasteiger partial charge is 0.394 e. The highest BCUT2D eigenvalue weighted by molar-refractivity contribution is 6.33. The number of benzene rings is 1. The van der Waals surface area contributed by atoms with E-state index in [-0.39, 0.29) is 23.8 Å². The Bertz CT molecular complexity index is 400. The molecule has 1 aromatic carbocycles. The van der Waals surface area contributed by atoms with E-state index in [1.807, 2.05) is 0 Å². The van der Waals surface area contributed by atoms with Gasteiger partial charge in [0.2, 0.25) is 0 Å². The van der Waals surface area contributed by atoms with Crippen molar-refractivity contribution in [1.29, 1.82) is 0 Å². The van der Waals surface area contributed by atoms with E-state index >= 15 is 0 Å². The molecule has 2 N–H and O–H groups in total. The lowest BCUT2D eigenvalue weighted by Gasteiger charge is -2.15. The van der Waals surface area contributed by atoms with Crippen LogP contribution in [-0.4, -0.2) is 37.4 Å². The van der Waals surface area contributed by atoms with Crippen LogP contribution in [-0.2, 0) is 4.74 Å². The van der Waals surface area contributed by atoms with Gasteiger partial charge >= 0.3 is 0 Å². The molecule has 6 heteroatoms. The Morgan fingerprint density at radius 2 is 2.35 bits per heavy atom. The van der Waals surface area contributed by atoms with Gasteiger partial charge in [-0.3, -0.25) is 4.79 Å². The number of hydrogen-bond donors (Lipinski definition) is 2. The molecule has 0 saturated heterocycles. The van der Waals surface area contributed by atoms with Crippen molar-refractivity contribution in [3.05, 3.63) is 34.6 Å². The van der Waals surface area contributed by atoms with Crippen molar-refractivity contribution in [3.8, 4) is 0 Å². The number of halogens is 2. The Labute approximate surface area is 103 Å². The molecule has 0 heterocycles. The second kappa shape index (κ2) is 6.54. The molecule has 1 rings (SSSR count). The molecule has 0 saturated carbocycles. The molecule has 0 aliphatic rings. The fourth-order valence-corrected chi connectivity index (χ4v) is 1.53. The number of methoxy groups -OCH3 is 1. The predicted octanol–water partition coefficient (Wildman–Crippen LogP) is 1.22. The molecule has 4 nitrogen and oxygen atoms in total. The van der Waals surface area contributed by atoms with Crippen LogP contribution in [0.1, 0.15) is 10.4 Å². The number of hydrogen-bond acceptors (Lipinski definition) is 3. The van der Waals surface area contributed by atoms with Crippen LogP contribution in [0.15, 0.2) is 18.2 Å². The number of carbonyl (C=O) groups excluding carboxylic acids is 1. The Morgan fingerprint density at radius 1 is 1.65 bits per heavy atom. The lowest BCUT2D eigenvalue weighted by atomic mass is 10.2. The average molecular weight is 262 g/mol. The molecule has 17 heavy (non-hydrogen) atoms. The zero-order chi connectivity index (χ0) is 12.8. The lowest BCUT2D eigenvalue weighted by Crippen LogP contribution is -2.40. The summed E-state index contributed by atoms with van der Waals surface area (Å²) in [5.41, 5.74) is 0.155. The summed E-state index contributed by atoms with van der Waals surface area (Å²) >= 11 is 5.73. The van der Waals surface area contributed by atoms with E-state index in [0.717, 1.165) is 12.1 Å². The fourth-order valence-electron chi connectivity index (χ4n) is 1.28. The summed E-state index contributed by atoms with van der Waals surface area (Å²) in [4.78, 5) is 11.7. The molecule has 94 valence electrons. The van der Waals surface area contributed by atoms with Crippen LogP contribution in [0.2, 0.25) is 5.02 Å². The minimum Gasteiger partial charge on any atom is -0.394 e. The standard InChI is InChI=1S/C11H13ClFNO3/c1-17-6-8(5-15)14-11(16)9-3-2-7(13)4-10(9)12/h2-4,8,15H,5-6H2,1H3,(H,14,16). The van der Waals surface area contributed by atoms with Crippen molar-refractivity contribution in [1.82, 2.24) is 5.32 Å². The number of aliphatic hydroxyl groups excluding tert-OH is 1. The molecular weight excluding hydrogens is 249 g/mol. The van der Waals surface area contributed by atoms with Crippen molar-refractivity contribution in [2.24, 2.45) is 0 Å². The van der Waals surface area contributed by atoms with Gasteiger partial charge in [-0.1, -0.05) is 11.6 Å². The van der Waals surface area contributed by atoms with E-state index in [9.17, 15) is 9.18 Å². The fraction of sp³-hybridized carbons (Fsp3) is 0.364. The highest BCUT2D eigenvalue weighted by Crippen LogP contribution is 2.17. The monoisotopic (exact) mass is 261 g/mol. The molecule has 1 unspecified atom stereocenters. The highest BCUT2D eigenvalue weighted by Gasteiger charge is 2.15. The van der Waals surface area contributed by atoms with Crippen LogP contribution in [0, 0.1) is 5.82 Å². The smallest absolute Gasteiger partial charge is 0.253 e. The molecule has 1 amide bonds. The average Bonchev–Trinajstić information content (AvgIpc) is 2.28. The van der Waals surface area contributed by atoms with Gasteiger partial charge in [-0.2, -0.15) is 0 Å². The molecule has 0 fully saturated rings. The molecule has 0 radical (unpaired) electrons. The molecular formula is C11H13ClFNO3. The topological polar surface area (TPSA) is 58.6 Å². The quantitative estimate of drug-likeness (QED) is 0.838. The Balaban J connectivity index is 2.75. The van der Waals surface area contributed by atoms with Gasteiger partial charge in [0.1, 0.15) is 5.82 Å². The highest BCUT2D eigenvalue weighted by atomic mass is 35.5. The van der Waals surface area contributed by atoms with Gasteiger partial charge in [-0.15, -0.1) is 0 Å². The number of carbonyl (C=O) groups is 1. The normalized spacial score (nSPS) is 12.2. The number of amides is 1. The zero-order valence-electron chi connectivity index (χ0n) is 9.24. The van der Waals surface area contributed by atoms with Crippen LogP contribution in [0.5, 0.6) is 0 Å². The molecule has 0 bridgehead atoms. The minimum atomic E-state index is -0.520. The Morgan fingerprint density at radius 3 is 2.88 bits per heavy atom. The van der Waals surface area contributed by atoms with Gasteiger partial charge in [0.15, 0.2) is 0 Å². The van der Waals surface area contributed by atoms with E-state index in [2.05, 4.69) is 5.32 Å². The third-order valence-corrected chi connectivity index (χ3v) is 2.41. The van der Waals surface area contributed by atoms with E-state index in [4.69, 9.17) is 21.4 Å². The maximum Gasteiger partial charge on any atom is 0.253 e. The zero-order valence-corrected chi connectivity index (χ0v) is 10.00. The molecule has 0 aromatic heterocycles. The maximum absolute atomic E-state index is 12.8. The van der Waals surface area contributed by atoms with Gasteiger partial charge in [-0.25, -0.2) is 4.39 Å². The van der Waals surface area contributed by atoms with Gasteiger partial charge in [0.25, 0.3) is 5.91 Å². The van der Waals surface area contributed by atoms with Crippen LogP contribution < -0.4 is 5.32 Å². The van der Waals surface area contributed by atoms with E-state index in [1.165, 1.54) is 13.2 Å². The molecule has 0 aliphatic carbocycles. The van der Waals surface area contributed by atoms with Gasteiger partial charge in [0.05, 0.1) is 29.8 Å². The van der Waals surface area contributed by atoms with E-state index in [0.29, 0.717) is 0 Å². The van der Waals surface area contributed by atoms with Crippen molar-refractivity contribution in [2.75, 3.05) is 20.3 Å². The first-order valence-corrected chi connectivity index (χ1v) is 5.32. The van der Waals surface area contributed by atoms with Crippen LogP contribution in [0.25, 0.3) is 0 Å².